The molecule has 118 valence electrons. The van der Waals surface area contributed by atoms with Gasteiger partial charge in [0.25, 0.3) is 0 Å². The second-order valence-corrected chi connectivity index (χ2v) is 5.67. The van der Waals surface area contributed by atoms with E-state index < -0.39 is 0 Å². The third-order valence-corrected chi connectivity index (χ3v) is 3.78. The van der Waals surface area contributed by atoms with Crippen molar-refractivity contribution < 1.29 is 9.84 Å². The van der Waals surface area contributed by atoms with Crippen molar-refractivity contribution in [2.75, 3.05) is 6.61 Å². The summed E-state index contributed by atoms with van der Waals surface area (Å²) in [5, 5.41) is 13.2. The summed E-state index contributed by atoms with van der Waals surface area (Å²) in [4.78, 5) is 0. The van der Waals surface area contributed by atoms with Gasteiger partial charge in [0.2, 0.25) is 0 Å². The highest BCUT2D eigenvalue weighted by atomic mass is 35.5. The molecule has 0 aromatic heterocycles. The van der Waals surface area contributed by atoms with Crippen LogP contribution in [0.25, 0.3) is 0 Å². The van der Waals surface area contributed by atoms with E-state index in [4.69, 9.17) is 16.3 Å². The summed E-state index contributed by atoms with van der Waals surface area (Å²) in [6.45, 7) is 3.45. The molecule has 2 aromatic carbocycles. The zero-order valence-electron chi connectivity index (χ0n) is 12.8. The fraction of sp³-hybridized carbons (Fsp3) is 0.333. The van der Waals surface area contributed by atoms with Crippen LogP contribution in [0.2, 0.25) is 5.02 Å². The number of nitrogens with one attached hydrogen (secondary N) is 1. The fourth-order valence-corrected chi connectivity index (χ4v) is 2.22. The lowest BCUT2D eigenvalue weighted by molar-refractivity contribution is 0.238. The maximum Gasteiger partial charge on any atom is 0.120 e. The van der Waals surface area contributed by atoms with Gasteiger partial charge in [-0.2, -0.15) is 0 Å². The van der Waals surface area contributed by atoms with Gasteiger partial charge in [0.1, 0.15) is 12.4 Å². The fourth-order valence-electron chi connectivity index (χ4n) is 2.09. The zero-order valence-corrected chi connectivity index (χ0v) is 13.5. The van der Waals surface area contributed by atoms with E-state index in [9.17, 15) is 5.11 Å². The van der Waals surface area contributed by atoms with Crippen molar-refractivity contribution in [3.8, 4) is 5.75 Å². The summed E-state index contributed by atoms with van der Waals surface area (Å²) in [6.07, 6.45) is 0.906. The Kier molecular flexibility index (Phi) is 6.72. The monoisotopic (exact) mass is 319 g/mol. The van der Waals surface area contributed by atoms with Crippen molar-refractivity contribution in [1.29, 1.82) is 0 Å². The van der Waals surface area contributed by atoms with E-state index >= 15 is 0 Å². The van der Waals surface area contributed by atoms with Crippen molar-refractivity contribution in [1.82, 2.24) is 5.32 Å². The zero-order chi connectivity index (χ0) is 15.8. The average molecular weight is 320 g/mol. The summed E-state index contributed by atoms with van der Waals surface area (Å²) >= 11 is 5.87. The Morgan fingerprint density at radius 1 is 1.14 bits per heavy atom. The lowest BCUT2D eigenvalue weighted by atomic mass is 10.2. The molecule has 22 heavy (non-hydrogen) atoms. The predicted octanol–water partition coefficient (Wildman–Crippen LogP) is 3.78. The van der Waals surface area contributed by atoms with Gasteiger partial charge in [-0.25, -0.2) is 0 Å². The van der Waals surface area contributed by atoms with E-state index in [0.717, 1.165) is 34.9 Å². The van der Waals surface area contributed by atoms with E-state index in [1.165, 1.54) is 0 Å². The Bertz CT molecular complexity index is 568. The van der Waals surface area contributed by atoms with Crippen LogP contribution >= 0.6 is 11.6 Å². The van der Waals surface area contributed by atoms with Gasteiger partial charge in [-0.3, -0.25) is 0 Å². The van der Waals surface area contributed by atoms with Gasteiger partial charge >= 0.3 is 0 Å². The molecule has 0 saturated heterocycles. The molecule has 3 nitrogen and oxygen atoms in total. The van der Waals surface area contributed by atoms with Crippen LogP contribution in [0.5, 0.6) is 5.75 Å². The van der Waals surface area contributed by atoms with Crippen LogP contribution in [0.1, 0.15) is 24.5 Å². The predicted molar refractivity (Wildman–Crippen MR) is 90.2 cm³/mol. The molecule has 2 aromatic rings. The van der Waals surface area contributed by atoms with Gasteiger partial charge in [-0.05, 0) is 41.8 Å². The molecule has 0 aliphatic heterocycles. The number of halogens is 1. The van der Waals surface area contributed by atoms with Crippen LogP contribution in [-0.4, -0.2) is 17.8 Å². The van der Waals surface area contributed by atoms with Crippen molar-refractivity contribution in [2.45, 2.75) is 32.5 Å². The first-order chi connectivity index (χ1) is 10.7. The summed E-state index contributed by atoms with van der Waals surface area (Å²) in [5.41, 5.74) is 2.22. The van der Waals surface area contributed by atoms with Crippen molar-refractivity contribution in [2.24, 2.45) is 0 Å². The SMILES string of the molecule is CC[C@H](CO)NCc1cccc(OCc2ccc(Cl)cc2)c1. The topological polar surface area (TPSA) is 41.5 Å². The Morgan fingerprint density at radius 2 is 1.91 bits per heavy atom. The molecular weight excluding hydrogens is 298 g/mol. The number of ether oxygens (including phenoxy) is 1. The molecule has 4 heteroatoms. The second-order valence-electron chi connectivity index (χ2n) is 5.23. The molecule has 0 aliphatic rings. The van der Waals surface area contributed by atoms with Gasteiger partial charge in [-0.1, -0.05) is 42.8 Å². The largest absolute Gasteiger partial charge is 0.489 e. The molecule has 2 N–H and O–H groups in total. The third-order valence-electron chi connectivity index (χ3n) is 3.53. The molecule has 0 unspecified atom stereocenters. The van der Waals surface area contributed by atoms with Crippen LogP contribution in [0, 0.1) is 0 Å². The van der Waals surface area contributed by atoms with E-state index in [1.807, 2.05) is 48.5 Å². The van der Waals surface area contributed by atoms with Crippen molar-refractivity contribution in [3.05, 3.63) is 64.7 Å². The molecule has 0 saturated carbocycles. The molecule has 0 bridgehead atoms. The molecular formula is C18H22ClNO2. The van der Waals surface area contributed by atoms with E-state index in [0.29, 0.717) is 6.61 Å². The standard InChI is InChI=1S/C18H22ClNO2/c1-2-17(12-21)20-11-15-4-3-5-18(10-15)22-13-14-6-8-16(19)9-7-14/h3-10,17,20-21H,2,11-13H2,1H3/t17-/m1/s1. The summed E-state index contributed by atoms with van der Waals surface area (Å²) in [5.74, 6) is 0.839. The normalized spacial score (nSPS) is 12.1. The van der Waals surface area contributed by atoms with Gasteiger partial charge in [0.15, 0.2) is 0 Å². The average Bonchev–Trinajstić information content (AvgIpc) is 2.56. The molecule has 0 spiro atoms. The van der Waals surface area contributed by atoms with Crippen LogP contribution in [-0.2, 0) is 13.2 Å². The Hall–Kier alpha value is -1.55. The number of aliphatic hydroxyl groups excluding tert-OH is 1. The maximum absolute atomic E-state index is 9.19. The first-order valence-corrected chi connectivity index (χ1v) is 7.89. The minimum Gasteiger partial charge on any atom is -0.489 e. The van der Waals surface area contributed by atoms with Crippen molar-refractivity contribution in [3.63, 3.8) is 0 Å². The summed E-state index contributed by atoms with van der Waals surface area (Å²) < 4.78 is 5.81. The number of hydrogen-bond acceptors (Lipinski definition) is 3. The molecule has 0 fully saturated rings. The lowest BCUT2D eigenvalue weighted by Crippen LogP contribution is -2.31. The Morgan fingerprint density at radius 3 is 2.59 bits per heavy atom. The third kappa shape index (κ3) is 5.34. The molecule has 0 heterocycles. The van der Waals surface area contributed by atoms with Crippen LogP contribution < -0.4 is 10.1 Å². The highest BCUT2D eigenvalue weighted by Gasteiger charge is 2.04. The van der Waals surface area contributed by atoms with Gasteiger partial charge in [0, 0.05) is 17.6 Å². The smallest absolute Gasteiger partial charge is 0.120 e. The molecule has 0 radical (unpaired) electrons. The number of rotatable bonds is 8. The maximum atomic E-state index is 9.19. The number of benzene rings is 2. The quantitative estimate of drug-likeness (QED) is 0.778. The molecule has 2 rings (SSSR count). The van der Waals surface area contributed by atoms with Gasteiger partial charge in [0.05, 0.1) is 6.61 Å². The first kappa shape index (κ1) is 16.8. The first-order valence-electron chi connectivity index (χ1n) is 7.51. The number of aliphatic hydroxyl groups is 1. The summed E-state index contributed by atoms with van der Waals surface area (Å²) in [7, 11) is 0. The van der Waals surface area contributed by atoms with Gasteiger partial charge in [-0.15, -0.1) is 0 Å². The minimum atomic E-state index is 0.138. The number of hydrogen-bond donors (Lipinski definition) is 2. The van der Waals surface area contributed by atoms with Crippen LogP contribution in [0.15, 0.2) is 48.5 Å². The van der Waals surface area contributed by atoms with E-state index in [-0.39, 0.29) is 12.6 Å². The Balaban J connectivity index is 1.89. The molecule has 0 aliphatic carbocycles. The minimum absolute atomic E-state index is 0.138. The van der Waals surface area contributed by atoms with Crippen LogP contribution in [0.4, 0.5) is 0 Å². The second kappa shape index (κ2) is 8.79. The highest BCUT2D eigenvalue weighted by Crippen LogP contribution is 2.16. The van der Waals surface area contributed by atoms with E-state index in [1.54, 1.807) is 0 Å². The summed E-state index contributed by atoms with van der Waals surface area (Å²) in [6, 6.07) is 15.8. The van der Waals surface area contributed by atoms with E-state index in [2.05, 4.69) is 12.2 Å². The van der Waals surface area contributed by atoms with Gasteiger partial charge < -0.3 is 15.2 Å². The highest BCUT2D eigenvalue weighted by molar-refractivity contribution is 6.30. The van der Waals surface area contributed by atoms with Crippen molar-refractivity contribution >= 4 is 11.6 Å². The Labute approximate surface area is 136 Å². The van der Waals surface area contributed by atoms with Crippen LogP contribution in [0.3, 0.4) is 0 Å². The molecule has 1 atom stereocenters. The molecule has 0 amide bonds. The lowest BCUT2D eigenvalue weighted by Gasteiger charge is -2.14.